The third-order valence-electron chi connectivity index (χ3n) is 12.6. The van der Waals surface area contributed by atoms with Crippen molar-refractivity contribution in [2.75, 3.05) is 0 Å². The Hall–Kier alpha value is -6.96. The third kappa shape index (κ3) is 4.37. The number of benzene rings is 10. The van der Waals surface area contributed by atoms with Gasteiger partial charge in [-0.15, -0.1) is 0 Å². The molecule has 0 bridgehead atoms. The van der Waals surface area contributed by atoms with E-state index in [2.05, 4.69) is 196 Å². The fraction of sp³-hybridized carbons (Fsp3) is 0.0545. The molecule has 262 valence electrons. The van der Waals surface area contributed by atoms with Crippen LogP contribution in [0.4, 0.5) is 0 Å². The number of fused-ring (bicyclic) bond motifs is 10. The minimum absolute atomic E-state index is 0.204. The predicted octanol–water partition coefficient (Wildman–Crippen LogP) is 15.5. The summed E-state index contributed by atoms with van der Waals surface area (Å²) in [5.74, 6) is 0. The molecule has 1 heteroatoms. The van der Waals surface area contributed by atoms with Crippen LogP contribution < -0.4 is 0 Å². The van der Waals surface area contributed by atoms with E-state index in [0.717, 1.165) is 27.5 Å². The Balaban J connectivity index is 1.02. The Kier molecular flexibility index (Phi) is 6.46. The second kappa shape index (κ2) is 11.5. The molecule has 0 radical (unpaired) electrons. The molecule has 0 N–H and O–H groups in total. The third-order valence-corrected chi connectivity index (χ3v) is 12.6. The van der Waals surface area contributed by atoms with E-state index in [9.17, 15) is 0 Å². The van der Waals surface area contributed by atoms with Crippen molar-refractivity contribution in [3.8, 4) is 44.5 Å². The average Bonchev–Trinajstić information content (AvgIpc) is 3.72. The summed E-state index contributed by atoms with van der Waals surface area (Å²) >= 11 is 0. The van der Waals surface area contributed by atoms with E-state index < -0.39 is 0 Å². The molecule has 0 atom stereocenters. The second-order valence-electron chi connectivity index (χ2n) is 16.0. The Labute approximate surface area is 325 Å². The van der Waals surface area contributed by atoms with Crippen LogP contribution in [0, 0.1) is 0 Å². The van der Waals surface area contributed by atoms with Gasteiger partial charge >= 0.3 is 0 Å². The molecule has 1 aliphatic carbocycles. The van der Waals surface area contributed by atoms with E-state index in [1.54, 1.807) is 0 Å². The topological polar surface area (TPSA) is 13.1 Å². The molecule has 1 nitrogen and oxygen atoms in total. The van der Waals surface area contributed by atoms with Gasteiger partial charge in [-0.2, -0.15) is 0 Å². The molecule has 12 rings (SSSR count). The second-order valence-corrected chi connectivity index (χ2v) is 16.0. The van der Waals surface area contributed by atoms with E-state index >= 15 is 0 Å². The van der Waals surface area contributed by atoms with Crippen LogP contribution in [-0.4, -0.2) is 0 Å². The SMILES string of the molecule is CC1(C)c2cc(-c3c4ccccc4c(-c4cccc5ccccc45)c4ccccc34)ccc2-c2ccc(-c3cccc4c3oc3cc5ccccc5cc34)cc21. The largest absolute Gasteiger partial charge is 0.455 e. The lowest BCUT2D eigenvalue weighted by molar-refractivity contribution is 0.660. The van der Waals surface area contributed by atoms with E-state index in [1.807, 2.05) is 0 Å². The summed E-state index contributed by atoms with van der Waals surface area (Å²) in [5.41, 5.74) is 14.4. The molecule has 0 saturated heterocycles. The molecule has 10 aromatic carbocycles. The highest BCUT2D eigenvalue weighted by Gasteiger charge is 2.36. The van der Waals surface area contributed by atoms with Gasteiger partial charge in [0, 0.05) is 21.8 Å². The molecule has 56 heavy (non-hydrogen) atoms. The zero-order valence-corrected chi connectivity index (χ0v) is 31.2. The van der Waals surface area contributed by atoms with Gasteiger partial charge in [0.05, 0.1) is 0 Å². The van der Waals surface area contributed by atoms with Crippen LogP contribution >= 0.6 is 0 Å². The lowest BCUT2D eigenvalue weighted by atomic mass is 9.79. The molecule has 1 aromatic heterocycles. The Bertz CT molecular complexity index is 3390. The van der Waals surface area contributed by atoms with Gasteiger partial charge in [0.25, 0.3) is 0 Å². The highest BCUT2D eigenvalue weighted by Crippen LogP contribution is 2.53. The van der Waals surface area contributed by atoms with Crippen LogP contribution in [0.3, 0.4) is 0 Å². The highest BCUT2D eigenvalue weighted by molar-refractivity contribution is 6.23. The molecule has 0 amide bonds. The molecular weight excluding hydrogens is 677 g/mol. The number of hydrogen-bond donors (Lipinski definition) is 0. The molecule has 1 heterocycles. The summed E-state index contributed by atoms with van der Waals surface area (Å²) in [6.07, 6.45) is 0. The molecular formula is C55H36O. The summed E-state index contributed by atoms with van der Waals surface area (Å²) in [4.78, 5) is 0. The predicted molar refractivity (Wildman–Crippen MR) is 238 cm³/mol. The summed E-state index contributed by atoms with van der Waals surface area (Å²) in [6.45, 7) is 4.77. The minimum Gasteiger partial charge on any atom is -0.455 e. The van der Waals surface area contributed by atoms with Crippen molar-refractivity contribution < 1.29 is 4.42 Å². The van der Waals surface area contributed by atoms with Gasteiger partial charge in [-0.25, -0.2) is 0 Å². The van der Waals surface area contributed by atoms with E-state index in [4.69, 9.17) is 4.42 Å². The zero-order chi connectivity index (χ0) is 37.1. The Morgan fingerprint density at radius 2 is 0.839 bits per heavy atom. The number of hydrogen-bond acceptors (Lipinski definition) is 1. The van der Waals surface area contributed by atoms with Gasteiger partial charge in [-0.1, -0.05) is 172 Å². The van der Waals surface area contributed by atoms with Crippen molar-refractivity contribution in [1.29, 1.82) is 0 Å². The summed E-state index contributed by atoms with van der Waals surface area (Å²) in [5, 5.41) is 12.4. The quantitative estimate of drug-likeness (QED) is 0.166. The maximum atomic E-state index is 6.67. The Morgan fingerprint density at radius 3 is 1.54 bits per heavy atom. The molecule has 0 fully saturated rings. The number of rotatable bonds is 3. The standard InChI is InChI=1S/C55H36O/c1-55(2)49-30-36(39-22-12-24-47-48-29-34-14-3-4-15-35(34)32-51(48)56-54(39)47)25-27-40(49)41-28-26-37(31-50(41)55)52-43-18-7-9-20-45(43)53(46-21-10-8-19-44(46)52)42-23-11-16-33-13-5-6-17-38(33)42/h3-32H,1-2H3. The van der Waals surface area contributed by atoms with Crippen molar-refractivity contribution in [2.24, 2.45) is 0 Å². The number of furan rings is 1. The summed E-state index contributed by atoms with van der Waals surface area (Å²) in [7, 11) is 0. The monoisotopic (exact) mass is 712 g/mol. The van der Waals surface area contributed by atoms with Gasteiger partial charge in [-0.05, 0) is 117 Å². The van der Waals surface area contributed by atoms with E-state index in [-0.39, 0.29) is 5.41 Å². The van der Waals surface area contributed by atoms with Crippen LogP contribution in [0.5, 0.6) is 0 Å². The van der Waals surface area contributed by atoms with Gasteiger partial charge in [0.2, 0.25) is 0 Å². The van der Waals surface area contributed by atoms with Crippen LogP contribution in [0.15, 0.2) is 186 Å². The van der Waals surface area contributed by atoms with E-state index in [0.29, 0.717) is 0 Å². The van der Waals surface area contributed by atoms with Crippen molar-refractivity contribution in [3.05, 3.63) is 193 Å². The smallest absolute Gasteiger partial charge is 0.143 e. The van der Waals surface area contributed by atoms with E-state index in [1.165, 1.54) is 93.2 Å². The van der Waals surface area contributed by atoms with Crippen molar-refractivity contribution >= 4 is 65.0 Å². The first-order valence-corrected chi connectivity index (χ1v) is 19.6. The fourth-order valence-electron chi connectivity index (χ4n) is 9.94. The lowest BCUT2D eigenvalue weighted by Gasteiger charge is -2.23. The fourth-order valence-corrected chi connectivity index (χ4v) is 9.94. The van der Waals surface area contributed by atoms with Crippen molar-refractivity contribution in [1.82, 2.24) is 0 Å². The molecule has 0 unspecified atom stereocenters. The van der Waals surface area contributed by atoms with Gasteiger partial charge < -0.3 is 4.42 Å². The van der Waals surface area contributed by atoms with Crippen LogP contribution in [0.1, 0.15) is 25.0 Å². The van der Waals surface area contributed by atoms with Crippen molar-refractivity contribution in [2.45, 2.75) is 19.3 Å². The lowest BCUT2D eigenvalue weighted by Crippen LogP contribution is -2.15. The minimum atomic E-state index is -0.204. The van der Waals surface area contributed by atoms with Crippen LogP contribution in [0.2, 0.25) is 0 Å². The molecule has 11 aromatic rings. The van der Waals surface area contributed by atoms with Crippen LogP contribution in [0.25, 0.3) is 110 Å². The maximum Gasteiger partial charge on any atom is 0.143 e. The normalized spacial score (nSPS) is 13.3. The highest BCUT2D eigenvalue weighted by atomic mass is 16.3. The zero-order valence-electron chi connectivity index (χ0n) is 31.2. The summed E-state index contributed by atoms with van der Waals surface area (Å²) in [6, 6.07) is 67.2. The number of para-hydroxylation sites is 1. The molecule has 1 aliphatic rings. The first-order chi connectivity index (χ1) is 27.5. The summed E-state index contributed by atoms with van der Waals surface area (Å²) < 4.78 is 6.67. The maximum absolute atomic E-state index is 6.67. The van der Waals surface area contributed by atoms with Gasteiger partial charge in [0.15, 0.2) is 0 Å². The first kappa shape index (κ1) is 31.4. The van der Waals surface area contributed by atoms with Gasteiger partial charge in [0.1, 0.15) is 11.2 Å². The molecule has 0 aliphatic heterocycles. The van der Waals surface area contributed by atoms with Gasteiger partial charge in [-0.3, -0.25) is 0 Å². The first-order valence-electron chi connectivity index (χ1n) is 19.6. The molecule has 0 saturated carbocycles. The van der Waals surface area contributed by atoms with Crippen molar-refractivity contribution in [3.63, 3.8) is 0 Å². The average molecular weight is 713 g/mol. The molecule has 0 spiro atoms. The van der Waals surface area contributed by atoms with Crippen LogP contribution in [-0.2, 0) is 5.41 Å². The Morgan fingerprint density at radius 1 is 0.339 bits per heavy atom.